The zero-order valence-corrected chi connectivity index (χ0v) is 25.3. The summed E-state index contributed by atoms with van der Waals surface area (Å²) < 4.78 is 7.67. The fourth-order valence-electron chi connectivity index (χ4n) is 5.18. The van der Waals surface area contributed by atoms with Gasteiger partial charge in [0.1, 0.15) is 18.1 Å². The number of aromatic nitrogens is 2. The van der Waals surface area contributed by atoms with Gasteiger partial charge < -0.3 is 10.1 Å². The third-order valence-electron chi connectivity index (χ3n) is 7.47. The first-order valence-corrected chi connectivity index (χ1v) is 14.7. The van der Waals surface area contributed by atoms with Crippen LogP contribution in [-0.4, -0.2) is 27.9 Å². The van der Waals surface area contributed by atoms with Gasteiger partial charge in [-0.1, -0.05) is 66.2 Å². The van der Waals surface area contributed by atoms with Gasteiger partial charge in [0.05, 0.1) is 29.4 Å². The van der Waals surface area contributed by atoms with Crippen molar-refractivity contribution in [3.05, 3.63) is 134 Å². The Balaban J connectivity index is 1.37. The molecule has 4 aromatic carbocycles. The molecule has 0 aliphatic heterocycles. The van der Waals surface area contributed by atoms with Gasteiger partial charge in [0.15, 0.2) is 0 Å². The normalized spacial score (nSPS) is 11.0. The number of rotatable bonds is 11. The average Bonchev–Trinajstić information content (AvgIpc) is 3.02. The number of carbonyl (C=O) groups is 2. The van der Waals surface area contributed by atoms with Crippen molar-refractivity contribution < 1.29 is 14.3 Å². The Bertz CT molecular complexity index is 1950. The van der Waals surface area contributed by atoms with E-state index in [1.807, 2.05) is 18.2 Å². The number of Topliss-reactive ketones (excluding diaryl/α,β-unsaturated/α-hetero) is 1. The van der Waals surface area contributed by atoms with E-state index in [9.17, 15) is 19.2 Å². The highest BCUT2D eigenvalue weighted by Crippen LogP contribution is 2.31. The zero-order chi connectivity index (χ0) is 31.2. The summed E-state index contributed by atoms with van der Waals surface area (Å²) in [5, 5.41) is 3.57. The van der Waals surface area contributed by atoms with Gasteiger partial charge in [-0.3, -0.25) is 19.0 Å². The van der Waals surface area contributed by atoms with Crippen LogP contribution in [0.4, 0.5) is 5.69 Å². The molecule has 0 aliphatic rings. The number of benzene rings is 4. The van der Waals surface area contributed by atoms with Crippen LogP contribution in [0.15, 0.2) is 101 Å². The minimum absolute atomic E-state index is 0.123. The second-order valence-corrected chi connectivity index (χ2v) is 11.0. The van der Waals surface area contributed by atoms with E-state index in [0.29, 0.717) is 34.1 Å². The van der Waals surface area contributed by atoms with Gasteiger partial charge >= 0.3 is 5.69 Å². The predicted molar refractivity (Wildman–Crippen MR) is 173 cm³/mol. The molecule has 1 N–H and O–H groups in total. The van der Waals surface area contributed by atoms with Gasteiger partial charge in [-0.05, 0) is 66.8 Å². The molecule has 1 aromatic heterocycles. The molecule has 5 aromatic rings. The fraction of sp³-hybridized carbons (Fsp3) is 0.200. The van der Waals surface area contributed by atoms with E-state index in [1.54, 1.807) is 67.6 Å². The van der Waals surface area contributed by atoms with Crippen molar-refractivity contribution in [3.8, 4) is 11.4 Å². The molecule has 0 aliphatic carbocycles. The molecule has 5 rings (SSSR count). The molecule has 8 nitrogen and oxygen atoms in total. The molecule has 44 heavy (non-hydrogen) atoms. The predicted octanol–water partition coefficient (Wildman–Crippen LogP) is 5.90. The summed E-state index contributed by atoms with van der Waals surface area (Å²) in [6.07, 6.45) is 2.34. The van der Waals surface area contributed by atoms with Crippen LogP contribution < -0.4 is 21.3 Å². The largest absolute Gasteiger partial charge is 0.495 e. The molecule has 224 valence electrons. The Morgan fingerprint density at radius 3 is 2.32 bits per heavy atom. The van der Waals surface area contributed by atoms with Crippen LogP contribution in [0.1, 0.15) is 29.5 Å². The van der Waals surface area contributed by atoms with Crippen LogP contribution in [0.2, 0.25) is 5.02 Å². The minimum atomic E-state index is -0.659. The van der Waals surface area contributed by atoms with Crippen LogP contribution >= 0.6 is 11.6 Å². The number of fused-ring (bicyclic) bond motifs is 1. The van der Waals surface area contributed by atoms with Crippen molar-refractivity contribution in [1.82, 2.24) is 9.13 Å². The molecule has 0 fully saturated rings. The summed E-state index contributed by atoms with van der Waals surface area (Å²) in [4.78, 5) is 53.1. The number of nitrogens with zero attached hydrogens (tertiary/aromatic N) is 2. The van der Waals surface area contributed by atoms with Crippen molar-refractivity contribution >= 4 is 39.9 Å². The summed E-state index contributed by atoms with van der Waals surface area (Å²) in [5.41, 5.74) is 2.68. The molecule has 1 amide bonds. The molecule has 0 unspecified atom stereocenters. The molecule has 0 atom stereocenters. The quantitative estimate of drug-likeness (QED) is 0.201. The lowest BCUT2D eigenvalue weighted by atomic mass is 10.0. The number of amides is 1. The van der Waals surface area contributed by atoms with Gasteiger partial charge in [0.25, 0.3) is 5.56 Å². The lowest BCUT2D eigenvalue weighted by molar-refractivity contribution is -0.118. The first kappa shape index (κ1) is 30.5. The first-order chi connectivity index (χ1) is 21.2. The summed E-state index contributed by atoms with van der Waals surface area (Å²) in [6, 6.07) is 26.8. The maximum absolute atomic E-state index is 13.8. The third-order valence-corrected chi connectivity index (χ3v) is 7.87. The van der Waals surface area contributed by atoms with Crippen LogP contribution in [0, 0.1) is 6.92 Å². The Morgan fingerprint density at radius 1 is 0.886 bits per heavy atom. The maximum atomic E-state index is 13.8. The molecule has 0 bridgehead atoms. The van der Waals surface area contributed by atoms with Gasteiger partial charge in [0, 0.05) is 23.9 Å². The van der Waals surface area contributed by atoms with Crippen molar-refractivity contribution in [2.45, 2.75) is 39.2 Å². The lowest BCUT2D eigenvalue weighted by Gasteiger charge is -2.16. The van der Waals surface area contributed by atoms with Gasteiger partial charge in [-0.15, -0.1) is 0 Å². The van der Waals surface area contributed by atoms with E-state index in [0.717, 1.165) is 28.5 Å². The van der Waals surface area contributed by atoms with E-state index in [1.165, 1.54) is 17.2 Å². The lowest BCUT2D eigenvalue weighted by Crippen LogP contribution is -2.40. The molecular weight excluding hydrogens is 578 g/mol. The molecule has 9 heteroatoms. The monoisotopic (exact) mass is 609 g/mol. The molecule has 0 saturated heterocycles. The standard InChI is InChI=1S/C35H32ClN3O5/c1-23-19-30(32(44-2)21-29(23)36)37-33(41)22-38-31-14-7-6-13-28(31)34(42)39(35(38)43)26-17-15-25(16-18-26)20-27(40)12-8-11-24-9-4-3-5-10-24/h3-7,9-10,13-19,21H,8,11-12,20,22H2,1-2H3,(H,37,41). The smallest absolute Gasteiger partial charge is 0.336 e. The van der Waals surface area contributed by atoms with Crippen LogP contribution in [0.25, 0.3) is 16.6 Å². The fourth-order valence-corrected chi connectivity index (χ4v) is 5.33. The van der Waals surface area contributed by atoms with E-state index in [4.69, 9.17) is 16.3 Å². The van der Waals surface area contributed by atoms with Gasteiger partial charge in [0.2, 0.25) is 5.91 Å². The molecule has 1 heterocycles. The minimum Gasteiger partial charge on any atom is -0.495 e. The number of ether oxygens (including phenoxy) is 1. The second kappa shape index (κ2) is 13.6. The number of hydrogen-bond donors (Lipinski definition) is 1. The van der Waals surface area contributed by atoms with Crippen molar-refractivity contribution in [1.29, 1.82) is 0 Å². The summed E-state index contributed by atoms with van der Waals surface area (Å²) in [5.74, 6) is 0.0203. The number of para-hydroxylation sites is 1. The topological polar surface area (TPSA) is 99.4 Å². The summed E-state index contributed by atoms with van der Waals surface area (Å²) in [7, 11) is 1.47. The molecule has 0 saturated carbocycles. The van der Waals surface area contributed by atoms with Crippen LogP contribution in [0.3, 0.4) is 0 Å². The number of hydrogen-bond acceptors (Lipinski definition) is 5. The van der Waals surface area contributed by atoms with E-state index < -0.39 is 17.2 Å². The molecular formula is C35H32ClN3O5. The SMILES string of the molecule is COc1cc(Cl)c(C)cc1NC(=O)Cn1c(=O)n(-c2ccc(CC(=O)CCCc3ccccc3)cc2)c(=O)c2ccccc21. The highest BCUT2D eigenvalue weighted by molar-refractivity contribution is 6.31. The van der Waals surface area contributed by atoms with Crippen LogP contribution in [-0.2, 0) is 29.0 Å². The van der Waals surface area contributed by atoms with Crippen molar-refractivity contribution in [3.63, 3.8) is 0 Å². The number of halogens is 1. The molecule has 0 spiro atoms. The highest BCUT2D eigenvalue weighted by Gasteiger charge is 2.18. The van der Waals surface area contributed by atoms with E-state index in [2.05, 4.69) is 17.4 Å². The first-order valence-electron chi connectivity index (χ1n) is 14.3. The average molecular weight is 610 g/mol. The Kier molecular flexibility index (Phi) is 9.41. The zero-order valence-electron chi connectivity index (χ0n) is 24.5. The number of anilines is 1. The van der Waals surface area contributed by atoms with Crippen molar-refractivity contribution in [2.24, 2.45) is 0 Å². The highest BCUT2D eigenvalue weighted by atomic mass is 35.5. The Hall–Kier alpha value is -4.95. The number of carbonyl (C=O) groups excluding carboxylic acids is 2. The third kappa shape index (κ3) is 6.82. The molecule has 0 radical (unpaired) electrons. The number of ketones is 1. The number of nitrogens with one attached hydrogen (secondary N) is 1. The Morgan fingerprint density at radius 2 is 1.59 bits per heavy atom. The Labute approximate surface area is 259 Å². The van der Waals surface area contributed by atoms with Gasteiger partial charge in [-0.25, -0.2) is 9.36 Å². The van der Waals surface area contributed by atoms with Gasteiger partial charge in [-0.2, -0.15) is 0 Å². The van der Waals surface area contributed by atoms with E-state index >= 15 is 0 Å². The van der Waals surface area contributed by atoms with Crippen LogP contribution in [0.5, 0.6) is 5.75 Å². The maximum Gasteiger partial charge on any atom is 0.336 e. The second-order valence-electron chi connectivity index (χ2n) is 10.6. The van der Waals surface area contributed by atoms with Crippen molar-refractivity contribution in [2.75, 3.05) is 12.4 Å². The van der Waals surface area contributed by atoms with E-state index in [-0.39, 0.29) is 24.1 Å². The number of methoxy groups -OCH3 is 1. The number of aryl methyl sites for hydroxylation is 2. The summed E-state index contributed by atoms with van der Waals surface area (Å²) >= 11 is 6.20. The summed E-state index contributed by atoms with van der Waals surface area (Å²) in [6.45, 7) is 1.46.